The summed E-state index contributed by atoms with van der Waals surface area (Å²) in [5, 5.41) is 2.84. The molecule has 0 heterocycles. The summed E-state index contributed by atoms with van der Waals surface area (Å²) >= 11 is 0. The highest BCUT2D eigenvalue weighted by Crippen LogP contribution is 2.29. The highest BCUT2D eigenvalue weighted by Gasteiger charge is 2.11. The van der Waals surface area contributed by atoms with Crippen molar-refractivity contribution >= 4 is 11.6 Å². The van der Waals surface area contributed by atoms with Crippen molar-refractivity contribution in [2.24, 2.45) is 0 Å². The van der Waals surface area contributed by atoms with E-state index < -0.39 is 0 Å². The molecule has 0 unspecified atom stereocenters. The van der Waals surface area contributed by atoms with Gasteiger partial charge >= 0.3 is 0 Å². The Labute approximate surface area is 142 Å². The van der Waals surface area contributed by atoms with Gasteiger partial charge in [-0.05, 0) is 42.8 Å². The second-order valence-corrected chi connectivity index (χ2v) is 5.25. The van der Waals surface area contributed by atoms with Gasteiger partial charge in [0.15, 0.2) is 0 Å². The number of unbranched alkanes of at least 4 members (excludes halogenated alkanes) is 1. The van der Waals surface area contributed by atoms with Crippen LogP contribution in [-0.4, -0.2) is 26.7 Å². The van der Waals surface area contributed by atoms with Crippen molar-refractivity contribution in [2.45, 2.75) is 19.8 Å². The number of methoxy groups -OCH3 is 2. The van der Waals surface area contributed by atoms with Crippen LogP contribution in [0.1, 0.15) is 30.1 Å². The lowest BCUT2D eigenvalue weighted by Gasteiger charge is -2.12. The lowest BCUT2D eigenvalue weighted by Crippen LogP contribution is -2.12. The molecule has 2 rings (SSSR count). The Hall–Kier alpha value is -2.69. The maximum Gasteiger partial charge on any atom is 0.255 e. The van der Waals surface area contributed by atoms with E-state index in [9.17, 15) is 4.79 Å². The van der Waals surface area contributed by atoms with E-state index in [0.717, 1.165) is 18.6 Å². The molecule has 0 aliphatic rings. The molecule has 2 aromatic rings. The summed E-state index contributed by atoms with van der Waals surface area (Å²) < 4.78 is 16.0. The van der Waals surface area contributed by atoms with Crippen LogP contribution in [-0.2, 0) is 0 Å². The van der Waals surface area contributed by atoms with Gasteiger partial charge in [-0.1, -0.05) is 13.3 Å². The fraction of sp³-hybridized carbons (Fsp3) is 0.316. The van der Waals surface area contributed by atoms with Gasteiger partial charge in [0.25, 0.3) is 5.91 Å². The molecule has 2 aromatic carbocycles. The van der Waals surface area contributed by atoms with Crippen molar-refractivity contribution in [3.8, 4) is 17.2 Å². The number of carbonyl (C=O) groups excluding carboxylic acids is 1. The highest BCUT2D eigenvalue weighted by molar-refractivity contribution is 6.05. The molecule has 0 saturated heterocycles. The van der Waals surface area contributed by atoms with Crippen molar-refractivity contribution in [3.63, 3.8) is 0 Å². The minimum absolute atomic E-state index is 0.210. The second kappa shape index (κ2) is 8.82. The first-order valence-electron chi connectivity index (χ1n) is 7.94. The van der Waals surface area contributed by atoms with Gasteiger partial charge in [-0.15, -0.1) is 0 Å². The van der Waals surface area contributed by atoms with E-state index in [1.54, 1.807) is 56.7 Å². The molecular weight excluding hydrogens is 306 g/mol. The summed E-state index contributed by atoms with van der Waals surface area (Å²) in [6.45, 7) is 2.80. The van der Waals surface area contributed by atoms with E-state index in [4.69, 9.17) is 14.2 Å². The van der Waals surface area contributed by atoms with Crippen LogP contribution in [0.15, 0.2) is 42.5 Å². The number of amides is 1. The molecule has 0 bridgehead atoms. The molecule has 1 amide bonds. The lowest BCUT2D eigenvalue weighted by atomic mass is 10.2. The molecule has 1 N–H and O–H groups in total. The van der Waals surface area contributed by atoms with Gasteiger partial charge in [0.05, 0.1) is 26.5 Å². The van der Waals surface area contributed by atoms with E-state index in [0.29, 0.717) is 29.4 Å². The average molecular weight is 329 g/mol. The van der Waals surface area contributed by atoms with E-state index in [2.05, 4.69) is 12.2 Å². The van der Waals surface area contributed by atoms with E-state index in [-0.39, 0.29) is 5.91 Å². The van der Waals surface area contributed by atoms with Crippen LogP contribution in [0.2, 0.25) is 0 Å². The molecule has 24 heavy (non-hydrogen) atoms. The lowest BCUT2D eigenvalue weighted by molar-refractivity contribution is 0.102. The zero-order valence-corrected chi connectivity index (χ0v) is 14.3. The Bertz CT molecular complexity index is 668. The zero-order valence-electron chi connectivity index (χ0n) is 14.3. The summed E-state index contributed by atoms with van der Waals surface area (Å²) in [7, 11) is 3.13. The fourth-order valence-electron chi connectivity index (χ4n) is 2.13. The summed E-state index contributed by atoms with van der Waals surface area (Å²) in [5.74, 6) is 1.77. The third-order valence-corrected chi connectivity index (χ3v) is 3.54. The summed E-state index contributed by atoms with van der Waals surface area (Å²) in [6.07, 6.45) is 2.10. The molecule has 5 nitrogen and oxygen atoms in total. The molecule has 0 saturated carbocycles. The molecule has 0 aliphatic carbocycles. The summed E-state index contributed by atoms with van der Waals surface area (Å²) in [4.78, 5) is 12.4. The Morgan fingerprint density at radius 2 is 1.71 bits per heavy atom. The van der Waals surface area contributed by atoms with Crippen LogP contribution >= 0.6 is 0 Å². The molecule has 0 aromatic heterocycles. The molecule has 0 spiro atoms. The Kier molecular flexibility index (Phi) is 6.49. The number of carbonyl (C=O) groups is 1. The van der Waals surface area contributed by atoms with Gasteiger partial charge in [-0.2, -0.15) is 0 Å². The van der Waals surface area contributed by atoms with Gasteiger partial charge in [0.2, 0.25) is 0 Å². The van der Waals surface area contributed by atoms with E-state index >= 15 is 0 Å². The Balaban J connectivity index is 2.04. The minimum atomic E-state index is -0.210. The third kappa shape index (κ3) is 4.65. The van der Waals surface area contributed by atoms with Crippen molar-refractivity contribution < 1.29 is 19.0 Å². The first-order chi connectivity index (χ1) is 11.7. The van der Waals surface area contributed by atoms with Gasteiger partial charge in [-0.3, -0.25) is 4.79 Å². The Morgan fingerprint density at radius 3 is 2.33 bits per heavy atom. The molecule has 128 valence electrons. The number of benzene rings is 2. The number of ether oxygens (including phenoxy) is 3. The normalized spacial score (nSPS) is 10.1. The number of hydrogen-bond acceptors (Lipinski definition) is 4. The molecule has 0 atom stereocenters. The van der Waals surface area contributed by atoms with Crippen molar-refractivity contribution in [1.82, 2.24) is 0 Å². The van der Waals surface area contributed by atoms with Crippen molar-refractivity contribution in [1.29, 1.82) is 0 Å². The summed E-state index contributed by atoms with van der Waals surface area (Å²) in [6, 6.07) is 12.3. The average Bonchev–Trinajstić information content (AvgIpc) is 2.62. The SMILES string of the molecule is CCCCOc1ccc(C(=O)Nc2ccc(OC)cc2OC)cc1. The highest BCUT2D eigenvalue weighted by atomic mass is 16.5. The van der Waals surface area contributed by atoms with Crippen molar-refractivity contribution in [2.75, 3.05) is 26.1 Å². The first kappa shape index (κ1) is 17.7. The zero-order chi connectivity index (χ0) is 17.4. The fourth-order valence-corrected chi connectivity index (χ4v) is 2.13. The number of nitrogens with one attached hydrogen (secondary N) is 1. The Morgan fingerprint density at radius 1 is 1.00 bits per heavy atom. The topological polar surface area (TPSA) is 56.8 Å². The number of hydrogen-bond donors (Lipinski definition) is 1. The predicted molar refractivity (Wildman–Crippen MR) is 94.3 cm³/mol. The largest absolute Gasteiger partial charge is 0.497 e. The minimum Gasteiger partial charge on any atom is -0.497 e. The predicted octanol–water partition coefficient (Wildman–Crippen LogP) is 4.14. The van der Waals surface area contributed by atoms with Crippen molar-refractivity contribution in [3.05, 3.63) is 48.0 Å². The van der Waals surface area contributed by atoms with Crippen LogP contribution in [0.5, 0.6) is 17.2 Å². The van der Waals surface area contributed by atoms with Crippen LogP contribution in [0, 0.1) is 0 Å². The van der Waals surface area contributed by atoms with Crippen LogP contribution in [0.3, 0.4) is 0 Å². The quantitative estimate of drug-likeness (QED) is 0.740. The third-order valence-electron chi connectivity index (χ3n) is 3.54. The van der Waals surface area contributed by atoms with Gasteiger partial charge < -0.3 is 19.5 Å². The molecule has 0 radical (unpaired) electrons. The first-order valence-corrected chi connectivity index (χ1v) is 7.94. The van der Waals surface area contributed by atoms with Crippen LogP contribution in [0.25, 0.3) is 0 Å². The second-order valence-electron chi connectivity index (χ2n) is 5.25. The molecule has 0 fully saturated rings. The monoisotopic (exact) mass is 329 g/mol. The van der Waals surface area contributed by atoms with Gasteiger partial charge in [0, 0.05) is 11.6 Å². The van der Waals surface area contributed by atoms with E-state index in [1.807, 2.05) is 0 Å². The van der Waals surface area contributed by atoms with Gasteiger partial charge in [-0.25, -0.2) is 0 Å². The van der Waals surface area contributed by atoms with Gasteiger partial charge in [0.1, 0.15) is 17.2 Å². The van der Waals surface area contributed by atoms with Crippen LogP contribution in [0.4, 0.5) is 5.69 Å². The maximum atomic E-state index is 12.4. The molecular formula is C19H23NO4. The standard InChI is InChI=1S/C19H23NO4/c1-4-5-12-24-15-8-6-14(7-9-15)19(21)20-17-11-10-16(22-2)13-18(17)23-3/h6-11,13H,4-5,12H2,1-3H3,(H,20,21). The number of anilines is 1. The van der Waals surface area contributed by atoms with Crippen LogP contribution < -0.4 is 19.5 Å². The maximum absolute atomic E-state index is 12.4. The molecule has 0 aliphatic heterocycles. The number of rotatable bonds is 8. The smallest absolute Gasteiger partial charge is 0.255 e. The summed E-state index contributed by atoms with van der Waals surface area (Å²) in [5.41, 5.74) is 1.14. The van der Waals surface area contributed by atoms with E-state index in [1.165, 1.54) is 0 Å². The molecule has 5 heteroatoms.